The Morgan fingerprint density at radius 3 is 2.09 bits per heavy atom. The van der Waals surface area contributed by atoms with E-state index in [1.165, 1.54) is 9.47 Å². The van der Waals surface area contributed by atoms with E-state index in [1.807, 2.05) is 67.6 Å². The largest absolute Gasteiger partial charge is 0.383 e. The minimum absolute atomic E-state index is 0.0419. The Kier molecular flexibility index (Phi) is 9.06. The van der Waals surface area contributed by atoms with Gasteiger partial charge in [0.15, 0.2) is 5.69 Å². The first-order valence-corrected chi connectivity index (χ1v) is 12.4. The molecule has 0 saturated heterocycles. The van der Waals surface area contributed by atoms with Crippen LogP contribution in [-0.2, 0) is 11.3 Å². The van der Waals surface area contributed by atoms with Crippen LogP contribution in [0.3, 0.4) is 0 Å². The summed E-state index contributed by atoms with van der Waals surface area (Å²) in [5.41, 5.74) is 7.29. The smallest absolute Gasteiger partial charge is 0.330 e. The number of unbranched alkanes of at least 4 members (excludes halogenated alkanes) is 1. The highest BCUT2D eigenvalue weighted by Crippen LogP contribution is 2.30. The number of nitrogens with zero attached hydrogens (tertiary/aromatic N) is 2. The van der Waals surface area contributed by atoms with Crippen molar-refractivity contribution in [2.75, 3.05) is 17.2 Å². The lowest BCUT2D eigenvalue weighted by atomic mass is 9.88. The highest BCUT2D eigenvalue weighted by molar-refractivity contribution is 5.96. The van der Waals surface area contributed by atoms with Gasteiger partial charge in [-0.3, -0.25) is 19.1 Å². The fourth-order valence-corrected chi connectivity index (χ4v) is 4.21. The number of aromatic amines is 1. The van der Waals surface area contributed by atoms with Crippen LogP contribution >= 0.6 is 0 Å². The summed E-state index contributed by atoms with van der Waals surface area (Å²) in [5, 5.41) is 0. The standard InChI is InChI=1S/C28H36N4O3/c1-4-5-17-32-26(29)25(27(34)30-28(32)35)31(18-16-20(2)3)24(33)19-23(21-12-8-6-9-13-21)22-14-10-7-11-15-22/h6-15,20,23H,4-5,16-19,29H2,1-3H3,(H,30,34,35). The second kappa shape index (κ2) is 12.2. The number of nitrogens with one attached hydrogen (secondary N) is 1. The number of aromatic nitrogens is 2. The van der Waals surface area contributed by atoms with Gasteiger partial charge in [-0.05, 0) is 29.9 Å². The van der Waals surface area contributed by atoms with Gasteiger partial charge in [0.25, 0.3) is 5.56 Å². The Bertz CT molecular complexity index is 1180. The van der Waals surface area contributed by atoms with Gasteiger partial charge in [-0.1, -0.05) is 87.9 Å². The van der Waals surface area contributed by atoms with E-state index >= 15 is 0 Å². The van der Waals surface area contributed by atoms with Crippen molar-refractivity contribution < 1.29 is 4.79 Å². The summed E-state index contributed by atoms with van der Waals surface area (Å²) in [6.45, 7) is 6.86. The topological polar surface area (TPSA) is 101 Å². The Hall–Kier alpha value is -3.61. The van der Waals surface area contributed by atoms with Crippen molar-refractivity contribution in [3.8, 4) is 0 Å². The normalized spacial score (nSPS) is 11.2. The number of H-pyrrole nitrogens is 1. The van der Waals surface area contributed by atoms with Crippen molar-refractivity contribution in [1.29, 1.82) is 0 Å². The summed E-state index contributed by atoms with van der Waals surface area (Å²) in [4.78, 5) is 43.1. The molecule has 7 heteroatoms. The molecule has 0 saturated carbocycles. The molecule has 0 spiro atoms. The fourth-order valence-electron chi connectivity index (χ4n) is 4.21. The fraction of sp³-hybridized carbons (Fsp3) is 0.393. The lowest BCUT2D eigenvalue weighted by Crippen LogP contribution is -2.42. The van der Waals surface area contributed by atoms with E-state index in [4.69, 9.17) is 5.73 Å². The van der Waals surface area contributed by atoms with Crippen LogP contribution in [0.5, 0.6) is 0 Å². The average molecular weight is 477 g/mol. The third kappa shape index (κ3) is 6.50. The third-order valence-electron chi connectivity index (χ3n) is 6.23. The van der Waals surface area contributed by atoms with Gasteiger partial charge in [0.05, 0.1) is 0 Å². The summed E-state index contributed by atoms with van der Waals surface area (Å²) < 4.78 is 1.36. The minimum atomic E-state index is -0.631. The van der Waals surface area contributed by atoms with Gasteiger partial charge >= 0.3 is 5.69 Å². The van der Waals surface area contributed by atoms with Crippen molar-refractivity contribution in [1.82, 2.24) is 9.55 Å². The number of nitrogens with two attached hydrogens (primary N) is 1. The number of nitrogen functional groups attached to an aromatic ring is 1. The van der Waals surface area contributed by atoms with Crippen LogP contribution < -0.4 is 21.9 Å². The van der Waals surface area contributed by atoms with Gasteiger partial charge in [0.1, 0.15) is 5.82 Å². The zero-order chi connectivity index (χ0) is 25.4. The SMILES string of the molecule is CCCCn1c(N)c(N(CCC(C)C)C(=O)CC(c2ccccc2)c2ccccc2)c(=O)[nH]c1=O. The number of rotatable bonds is 11. The molecule has 35 heavy (non-hydrogen) atoms. The summed E-state index contributed by atoms with van der Waals surface area (Å²) in [7, 11) is 0. The first-order valence-electron chi connectivity index (χ1n) is 12.4. The second-order valence-corrected chi connectivity index (χ2v) is 9.30. The number of carbonyl (C=O) groups excluding carboxylic acids is 1. The molecule has 186 valence electrons. The molecular formula is C28H36N4O3. The summed E-state index contributed by atoms with van der Waals surface area (Å²) in [6, 6.07) is 19.8. The van der Waals surface area contributed by atoms with Crippen molar-refractivity contribution in [2.24, 2.45) is 5.92 Å². The van der Waals surface area contributed by atoms with Crippen molar-refractivity contribution in [3.63, 3.8) is 0 Å². The first-order chi connectivity index (χ1) is 16.8. The van der Waals surface area contributed by atoms with E-state index in [2.05, 4.69) is 18.8 Å². The molecule has 0 aliphatic heterocycles. The number of hydrogen-bond acceptors (Lipinski definition) is 4. The van der Waals surface area contributed by atoms with Gasteiger partial charge in [0.2, 0.25) is 5.91 Å². The molecule has 0 aliphatic rings. The minimum Gasteiger partial charge on any atom is -0.383 e. The lowest BCUT2D eigenvalue weighted by Gasteiger charge is -2.27. The van der Waals surface area contributed by atoms with E-state index in [9.17, 15) is 14.4 Å². The Morgan fingerprint density at radius 2 is 1.57 bits per heavy atom. The maximum atomic E-state index is 13.9. The molecule has 7 nitrogen and oxygen atoms in total. The van der Waals surface area contributed by atoms with Crippen molar-refractivity contribution >= 4 is 17.4 Å². The van der Waals surface area contributed by atoms with Gasteiger partial charge in [-0.15, -0.1) is 0 Å². The number of anilines is 2. The van der Waals surface area contributed by atoms with Crippen LogP contribution in [0.25, 0.3) is 0 Å². The van der Waals surface area contributed by atoms with Gasteiger partial charge in [-0.2, -0.15) is 0 Å². The monoisotopic (exact) mass is 476 g/mol. The summed E-state index contributed by atoms with van der Waals surface area (Å²) >= 11 is 0. The van der Waals surface area contributed by atoms with E-state index in [1.54, 1.807) is 0 Å². The molecular weight excluding hydrogens is 440 g/mol. The lowest BCUT2D eigenvalue weighted by molar-refractivity contribution is -0.118. The van der Waals surface area contributed by atoms with Crippen LogP contribution in [0.15, 0.2) is 70.3 Å². The number of carbonyl (C=O) groups is 1. The van der Waals surface area contributed by atoms with Gasteiger partial charge in [0, 0.05) is 25.4 Å². The van der Waals surface area contributed by atoms with Crippen molar-refractivity contribution in [2.45, 2.75) is 58.9 Å². The summed E-state index contributed by atoms with van der Waals surface area (Å²) in [6.07, 6.45) is 2.46. The van der Waals surface area contributed by atoms with E-state index in [-0.39, 0.29) is 29.8 Å². The Labute approximate surface area is 206 Å². The van der Waals surface area contributed by atoms with E-state index < -0.39 is 11.2 Å². The molecule has 0 bridgehead atoms. The average Bonchev–Trinajstić information content (AvgIpc) is 2.85. The van der Waals surface area contributed by atoms with Crippen LogP contribution in [0.1, 0.15) is 63.5 Å². The molecule has 1 amide bonds. The highest BCUT2D eigenvalue weighted by atomic mass is 16.2. The Balaban J connectivity index is 2.05. The van der Waals surface area contributed by atoms with Crippen LogP contribution in [0.2, 0.25) is 0 Å². The van der Waals surface area contributed by atoms with E-state index in [0.717, 1.165) is 24.0 Å². The molecule has 3 aromatic rings. The zero-order valence-corrected chi connectivity index (χ0v) is 20.9. The molecule has 0 atom stereocenters. The second-order valence-electron chi connectivity index (χ2n) is 9.30. The molecule has 0 radical (unpaired) electrons. The highest BCUT2D eigenvalue weighted by Gasteiger charge is 2.27. The van der Waals surface area contributed by atoms with Crippen LogP contribution in [0, 0.1) is 5.92 Å². The van der Waals surface area contributed by atoms with Gasteiger partial charge < -0.3 is 10.6 Å². The molecule has 0 unspecified atom stereocenters. The molecule has 3 N–H and O–H groups in total. The number of hydrogen-bond donors (Lipinski definition) is 2. The molecule has 3 rings (SSSR count). The predicted molar refractivity (Wildman–Crippen MR) is 142 cm³/mol. The predicted octanol–water partition coefficient (Wildman–Crippen LogP) is 4.52. The Morgan fingerprint density at radius 1 is 1.00 bits per heavy atom. The maximum absolute atomic E-state index is 13.9. The molecule has 1 aromatic heterocycles. The molecule has 0 aliphatic carbocycles. The molecule has 2 aromatic carbocycles. The quantitative estimate of drug-likeness (QED) is 0.425. The maximum Gasteiger partial charge on any atom is 0.330 e. The van der Waals surface area contributed by atoms with Gasteiger partial charge in [-0.25, -0.2) is 4.79 Å². The van der Waals surface area contributed by atoms with Crippen molar-refractivity contribution in [3.05, 3.63) is 92.6 Å². The first kappa shape index (κ1) is 26.0. The van der Waals surface area contributed by atoms with Crippen LogP contribution in [0.4, 0.5) is 11.5 Å². The van der Waals surface area contributed by atoms with Crippen LogP contribution in [-0.4, -0.2) is 22.0 Å². The molecule has 0 fully saturated rings. The van der Waals surface area contributed by atoms with E-state index in [0.29, 0.717) is 25.4 Å². The molecule has 1 heterocycles. The third-order valence-corrected chi connectivity index (χ3v) is 6.23. The number of amides is 1. The zero-order valence-electron chi connectivity index (χ0n) is 20.9. The number of benzene rings is 2. The summed E-state index contributed by atoms with van der Waals surface area (Å²) in [5.74, 6) is -0.0325.